The normalized spacial score (nSPS) is 20.4. The van der Waals surface area contributed by atoms with E-state index < -0.39 is 5.60 Å². The van der Waals surface area contributed by atoms with Crippen LogP contribution in [0.4, 0.5) is 0 Å². The summed E-state index contributed by atoms with van der Waals surface area (Å²) >= 11 is 0. The van der Waals surface area contributed by atoms with Crippen LogP contribution in [0.5, 0.6) is 5.75 Å². The van der Waals surface area contributed by atoms with Gasteiger partial charge in [0.2, 0.25) is 0 Å². The minimum absolute atomic E-state index is 0.0477. The van der Waals surface area contributed by atoms with Gasteiger partial charge < -0.3 is 14.7 Å². The molecule has 1 aliphatic carbocycles. The Morgan fingerprint density at radius 3 is 2.43 bits per heavy atom. The van der Waals surface area contributed by atoms with Gasteiger partial charge in [0.25, 0.3) is 5.91 Å². The van der Waals surface area contributed by atoms with Gasteiger partial charge in [0.05, 0.1) is 5.60 Å². The first-order valence-corrected chi connectivity index (χ1v) is 8.60. The van der Waals surface area contributed by atoms with Gasteiger partial charge in [-0.2, -0.15) is 0 Å². The Bertz CT molecular complexity index is 599. The highest BCUT2D eigenvalue weighted by Crippen LogP contribution is 2.46. The third kappa shape index (κ3) is 3.37. The number of amides is 1. The summed E-state index contributed by atoms with van der Waals surface area (Å²) < 4.78 is 5.83. The highest BCUT2D eigenvalue weighted by atomic mass is 16.5. The fraction of sp³-hybridized carbons (Fsp3) is 0.632. The first kappa shape index (κ1) is 16.3. The second kappa shape index (κ2) is 6.16. The summed E-state index contributed by atoms with van der Waals surface area (Å²) in [6.45, 7) is 7.66. The Kier molecular flexibility index (Phi) is 4.37. The predicted octanol–water partition coefficient (Wildman–Crippen LogP) is 2.75. The van der Waals surface area contributed by atoms with Crippen molar-refractivity contribution in [3.63, 3.8) is 0 Å². The van der Waals surface area contributed by atoms with Crippen LogP contribution in [-0.2, 0) is 4.79 Å². The molecule has 1 aliphatic heterocycles. The molecule has 3 rings (SSSR count). The standard InChI is InChI=1S/C19H27NO3/c1-13-4-5-14(2)18(15(13)3)23-12-17(21)20-10-6-16(7-11-20)19(22)8-9-19/h4-5,16,22H,6-12H2,1-3H3. The number of nitrogens with zero attached hydrogens (tertiary/aromatic N) is 1. The Morgan fingerprint density at radius 1 is 1.22 bits per heavy atom. The first-order valence-electron chi connectivity index (χ1n) is 8.60. The number of hydrogen-bond donors (Lipinski definition) is 1. The number of hydrogen-bond acceptors (Lipinski definition) is 3. The molecule has 1 heterocycles. The van der Waals surface area contributed by atoms with Crippen LogP contribution in [-0.4, -0.2) is 41.2 Å². The fourth-order valence-corrected chi connectivity index (χ4v) is 3.58. The molecule has 1 aromatic carbocycles. The highest BCUT2D eigenvalue weighted by Gasteiger charge is 2.48. The molecule has 126 valence electrons. The summed E-state index contributed by atoms with van der Waals surface area (Å²) in [5.41, 5.74) is 2.93. The topological polar surface area (TPSA) is 49.8 Å². The van der Waals surface area contributed by atoms with Crippen molar-refractivity contribution in [1.29, 1.82) is 0 Å². The third-order valence-corrected chi connectivity index (χ3v) is 5.58. The van der Waals surface area contributed by atoms with Crippen molar-refractivity contribution >= 4 is 5.91 Å². The molecule has 0 spiro atoms. The number of rotatable bonds is 4. The van der Waals surface area contributed by atoms with E-state index in [1.165, 1.54) is 5.56 Å². The Labute approximate surface area is 138 Å². The van der Waals surface area contributed by atoms with Crippen molar-refractivity contribution in [3.05, 3.63) is 28.8 Å². The summed E-state index contributed by atoms with van der Waals surface area (Å²) in [7, 11) is 0. The quantitative estimate of drug-likeness (QED) is 0.929. The van der Waals surface area contributed by atoms with Crippen LogP contribution in [0.2, 0.25) is 0 Å². The minimum atomic E-state index is -0.415. The number of benzene rings is 1. The number of aryl methyl sites for hydroxylation is 2. The molecule has 1 aromatic rings. The van der Waals surface area contributed by atoms with Crippen LogP contribution in [0.15, 0.2) is 12.1 Å². The van der Waals surface area contributed by atoms with Crippen LogP contribution >= 0.6 is 0 Å². The van der Waals surface area contributed by atoms with Crippen LogP contribution in [0.25, 0.3) is 0 Å². The van der Waals surface area contributed by atoms with Gasteiger partial charge in [-0.1, -0.05) is 12.1 Å². The van der Waals surface area contributed by atoms with Gasteiger partial charge in [0.15, 0.2) is 6.61 Å². The zero-order chi connectivity index (χ0) is 16.6. The van der Waals surface area contributed by atoms with E-state index in [1.807, 2.05) is 24.8 Å². The van der Waals surface area contributed by atoms with E-state index >= 15 is 0 Å². The maximum atomic E-state index is 12.4. The molecule has 0 bridgehead atoms. The zero-order valence-electron chi connectivity index (χ0n) is 14.4. The molecule has 0 atom stereocenters. The number of piperidine rings is 1. The second-order valence-corrected chi connectivity index (χ2v) is 7.20. The molecule has 2 fully saturated rings. The number of carbonyl (C=O) groups is 1. The average molecular weight is 317 g/mol. The van der Waals surface area contributed by atoms with Gasteiger partial charge in [-0.25, -0.2) is 0 Å². The summed E-state index contributed by atoms with van der Waals surface area (Å²) in [6, 6.07) is 4.11. The molecule has 1 amide bonds. The zero-order valence-corrected chi connectivity index (χ0v) is 14.4. The Hall–Kier alpha value is -1.55. The first-order chi connectivity index (χ1) is 10.9. The molecule has 1 saturated heterocycles. The van der Waals surface area contributed by atoms with E-state index in [0.29, 0.717) is 5.92 Å². The molecule has 1 saturated carbocycles. The summed E-state index contributed by atoms with van der Waals surface area (Å²) in [6.07, 6.45) is 3.68. The predicted molar refractivity (Wildman–Crippen MR) is 89.6 cm³/mol. The minimum Gasteiger partial charge on any atom is -0.483 e. The van der Waals surface area contributed by atoms with Gasteiger partial charge in [-0.15, -0.1) is 0 Å². The van der Waals surface area contributed by atoms with Gasteiger partial charge in [0, 0.05) is 13.1 Å². The van der Waals surface area contributed by atoms with Gasteiger partial charge in [0.1, 0.15) is 5.75 Å². The number of carbonyl (C=O) groups excluding carboxylic acids is 1. The lowest BCUT2D eigenvalue weighted by Gasteiger charge is -2.34. The van der Waals surface area contributed by atoms with Crippen molar-refractivity contribution in [3.8, 4) is 5.75 Å². The molecule has 4 heteroatoms. The van der Waals surface area contributed by atoms with Gasteiger partial charge in [-0.05, 0) is 69.1 Å². The number of likely N-dealkylation sites (tertiary alicyclic amines) is 1. The highest BCUT2D eigenvalue weighted by molar-refractivity contribution is 5.78. The van der Waals surface area contributed by atoms with Crippen molar-refractivity contribution in [2.75, 3.05) is 19.7 Å². The fourth-order valence-electron chi connectivity index (χ4n) is 3.58. The Balaban J connectivity index is 1.53. The number of aliphatic hydroxyl groups is 1. The monoisotopic (exact) mass is 317 g/mol. The molecule has 4 nitrogen and oxygen atoms in total. The average Bonchev–Trinajstić information content (AvgIpc) is 3.30. The Morgan fingerprint density at radius 2 is 1.83 bits per heavy atom. The van der Waals surface area contributed by atoms with Crippen molar-refractivity contribution in [1.82, 2.24) is 4.90 Å². The molecule has 0 unspecified atom stereocenters. The van der Waals surface area contributed by atoms with Gasteiger partial charge >= 0.3 is 0 Å². The van der Waals surface area contributed by atoms with Crippen molar-refractivity contribution < 1.29 is 14.6 Å². The van der Waals surface area contributed by atoms with Crippen molar-refractivity contribution in [2.24, 2.45) is 5.92 Å². The molecule has 0 radical (unpaired) electrons. The lowest BCUT2D eigenvalue weighted by atomic mass is 9.89. The SMILES string of the molecule is Cc1ccc(C)c(OCC(=O)N2CCC(C3(O)CC3)CC2)c1C. The van der Waals surface area contributed by atoms with Crippen LogP contribution < -0.4 is 4.74 Å². The maximum absolute atomic E-state index is 12.4. The van der Waals surface area contributed by atoms with E-state index in [4.69, 9.17) is 4.74 Å². The molecule has 23 heavy (non-hydrogen) atoms. The third-order valence-electron chi connectivity index (χ3n) is 5.58. The maximum Gasteiger partial charge on any atom is 0.260 e. The summed E-state index contributed by atoms with van der Waals surface area (Å²) in [5.74, 6) is 1.25. The van der Waals surface area contributed by atoms with Crippen molar-refractivity contribution in [2.45, 2.75) is 52.1 Å². The van der Waals surface area contributed by atoms with Crippen LogP contribution in [0.1, 0.15) is 42.4 Å². The molecule has 1 N–H and O–H groups in total. The largest absolute Gasteiger partial charge is 0.483 e. The van der Waals surface area contributed by atoms with Crippen LogP contribution in [0, 0.1) is 26.7 Å². The molecule has 2 aliphatic rings. The van der Waals surface area contributed by atoms with E-state index in [1.54, 1.807) is 0 Å². The molecular weight excluding hydrogens is 290 g/mol. The molecular formula is C19H27NO3. The second-order valence-electron chi connectivity index (χ2n) is 7.20. The van der Waals surface area contributed by atoms with E-state index in [9.17, 15) is 9.90 Å². The lowest BCUT2D eigenvalue weighted by molar-refractivity contribution is -0.135. The van der Waals surface area contributed by atoms with E-state index in [-0.39, 0.29) is 12.5 Å². The summed E-state index contributed by atoms with van der Waals surface area (Å²) in [4.78, 5) is 14.3. The molecule has 0 aromatic heterocycles. The van der Waals surface area contributed by atoms with E-state index in [0.717, 1.165) is 55.6 Å². The van der Waals surface area contributed by atoms with Crippen LogP contribution in [0.3, 0.4) is 0 Å². The lowest BCUT2D eigenvalue weighted by Crippen LogP contribution is -2.43. The number of ether oxygens (including phenoxy) is 1. The van der Waals surface area contributed by atoms with E-state index in [2.05, 4.69) is 13.0 Å². The smallest absolute Gasteiger partial charge is 0.260 e. The summed E-state index contributed by atoms with van der Waals surface area (Å²) in [5, 5.41) is 10.2. The van der Waals surface area contributed by atoms with Gasteiger partial charge in [-0.3, -0.25) is 4.79 Å².